The maximum absolute atomic E-state index is 13.5. The second-order valence-corrected chi connectivity index (χ2v) is 11.0. The van der Waals surface area contributed by atoms with Crippen molar-refractivity contribution < 1.29 is 24.2 Å². The average molecular weight is 529 g/mol. The summed E-state index contributed by atoms with van der Waals surface area (Å²) in [4.78, 5) is 44.3. The van der Waals surface area contributed by atoms with E-state index in [1.54, 1.807) is 45.2 Å². The van der Waals surface area contributed by atoms with Crippen LogP contribution in [0.15, 0.2) is 36.7 Å². The average Bonchev–Trinajstić information content (AvgIpc) is 3.46. The highest BCUT2D eigenvalue weighted by Gasteiger charge is 2.49. The monoisotopic (exact) mass is 528 g/mol. The molecule has 0 spiro atoms. The van der Waals surface area contributed by atoms with Crippen LogP contribution >= 0.6 is 11.6 Å². The van der Waals surface area contributed by atoms with Gasteiger partial charge in [-0.25, -0.2) is 4.79 Å². The molecule has 4 rings (SSSR count). The van der Waals surface area contributed by atoms with Gasteiger partial charge < -0.3 is 25.4 Å². The molecular formula is C27H33ClN4O5. The number of benzene rings is 1. The van der Waals surface area contributed by atoms with Gasteiger partial charge in [-0.1, -0.05) is 17.7 Å². The van der Waals surface area contributed by atoms with Crippen molar-refractivity contribution in [3.63, 3.8) is 0 Å². The summed E-state index contributed by atoms with van der Waals surface area (Å²) in [5.74, 6) is -0.758. The van der Waals surface area contributed by atoms with Crippen LogP contribution in [0.25, 0.3) is 0 Å². The highest BCUT2D eigenvalue weighted by Crippen LogP contribution is 2.39. The number of nitrogens with one attached hydrogen (secondary N) is 2. The van der Waals surface area contributed by atoms with Gasteiger partial charge in [-0.2, -0.15) is 0 Å². The molecule has 9 nitrogen and oxygen atoms in total. The second-order valence-electron chi connectivity index (χ2n) is 10.5. The van der Waals surface area contributed by atoms with E-state index in [4.69, 9.17) is 16.3 Å². The highest BCUT2D eigenvalue weighted by atomic mass is 35.5. The van der Waals surface area contributed by atoms with Gasteiger partial charge in [0.25, 0.3) is 5.91 Å². The zero-order valence-corrected chi connectivity index (χ0v) is 22.1. The van der Waals surface area contributed by atoms with E-state index in [0.29, 0.717) is 36.4 Å². The summed E-state index contributed by atoms with van der Waals surface area (Å²) in [7, 11) is 0. The Kier molecular flexibility index (Phi) is 7.75. The van der Waals surface area contributed by atoms with Crippen molar-refractivity contribution >= 4 is 29.5 Å². The number of aliphatic hydroxyl groups is 1. The lowest BCUT2D eigenvalue weighted by atomic mass is 9.95. The van der Waals surface area contributed by atoms with Gasteiger partial charge >= 0.3 is 6.09 Å². The van der Waals surface area contributed by atoms with E-state index in [2.05, 4.69) is 15.6 Å². The molecule has 2 aromatic rings. The van der Waals surface area contributed by atoms with Gasteiger partial charge in [0.15, 0.2) is 5.60 Å². The molecule has 1 aromatic heterocycles. The van der Waals surface area contributed by atoms with Crippen molar-refractivity contribution in [1.82, 2.24) is 20.5 Å². The van der Waals surface area contributed by atoms with Crippen LogP contribution in [0.2, 0.25) is 5.02 Å². The molecule has 37 heavy (non-hydrogen) atoms. The van der Waals surface area contributed by atoms with E-state index in [9.17, 15) is 19.5 Å². The van der Waals surface area contributed by atoms with E-state index < -0.39 is 29.2 Å². The van der Waals surface area contributed by atoms with E-state index in [0.717, 1.165) is 16.7 Å². The van der Waals surface area contributed by atoms with Crippen molar-refractivity contribution in [3.8, 4) is 0 Å². The Bertz CT molecular complexity index is 1200. The van der Waals surface area contributed by atoms with Gasteiger partial charge in [0, 0.05) is 42.6 Å². The molecule has 1 unspecified atom stereocenters. The van der Waals surface area contributed by atoms with Crippen LogP contribution in [0, 0.1) is 0 Å². The number of aromatic nitrogens is 1. The topological polar surface area (TPSA) is 121 Å². The number of pyridine rings is 1. The lowest BCUT2D eigenvalue weighted by Crippen LogP contribution is -2.52. The fraction of sp³-hybridized carbons (Fsp3) is 0.481. The summed E-state index contributed by atoms with van der Waals surface area (Å²) in [5.41, 5.74) is 0.656. The number of amides is 3. The first-order valence-corrected chi connectivity index (χ1v) is 12.8. The normalized spacial score (nSPS) is 20.9. The zero-order valence-electron chi connectivity index (χ0n) is 21.3. The van der Waals surface area contributed by atoms with Crippen LogP contribution in [-0.4, -0.2) is 51.1 Å². The number of hydrogen-bond donors (Lipinski definition) is 3. The summed E-state index contributed by atoms with van der Waals surface area (Å²) in [6, 6.07) is 6.37. The van der Waals surface area contributed by atoms with Gasteiger partial charge in [0.05, 0.1) is 0 Å². The van der Waals surface area contributed by atoms with Crippen LogP contribution in [0.3, 0.4) is 0 Å². The first-order valence-electron chi connectivity index (χ1n) is 12.5. The number of ether oxygens (including phenoxy) is 1. The Morgan fingerprint density at radius 2 is 1.95 bits per heavy atom. The van der Waals surface area contributed by atoms with E-state index in [1.165, 1.54) is 11.1 Å². The molecule has 1 saturated heterocycles. The van der Waals surface area contributed by atoms with E-state index >= 15 is 0 Å². The Morgan fingerprint density at radius 3 is 2.70 bits per heavy atom. The minimum Gasteiger partial charge on any atom is -0.444 e. The molecule has 1 aliphatic heterocycles. The molecule has 3 amide bonds. The highest BCUT2D eigenvalue weighted by molar-refractivity contribution is 6.30. The van der Waals surface area contributed by atoms with Crippen molar-refractivity contribution in [2.45, 2.75) is 76.8 Å². The number of carbonyl (C=O) groups excluding carboxylic acids is 3. The number of nitrogens with zero attached hydrogens (tertiary/aromatic N) is 2. The van der Waals surface area contributed by atoms with Crippen LogP contribution < -0.4 is 10.6 Å². The maximum Gasteiger partial charge on any atom is 0.407 e. The van der Waals surface area contributed by atoms with Crippen molar-refractivity contribution in [3.05, 3.63) is 63.9 Å². The number of fused-ring (bicyclic) bond motifs is 1. The van der Waals surface area contributed by atoms with Gasteiger partial charge in [-0.3, -0.25) is 14.6 Å². The fourth-order valence-electron chi connectivity index (χ4n) is 4.92. The third-order valence-corrected chi connectivity index (χ3v) is 6.96. The number of rotatable bonds is 6. The lowest BCUT2D eigenvalue weighted by molar-refractivity contribution is -0.155. The molecule has 198 valence electrons. The smallest absolute Gasteiger partial charge is 0.407 e. The van der Waals surface area contributed by atoms with Crippen molar-refractivity contribution in [2.75, 3.05) is 6.54 Å². The summed E-state index contributed by atoms with van der Waals surface area (Å²) < 4.78 is 5.29. The number of aryl methyl sites for hydroxylation is 1. The number of carbonyl (C=O) groups is 3. The number of alkyl carbamates (subject to hydrolysis) is 1. The molecule has 0 radical (unpaired) electrons. The molecule has 0 bridgehead atoms. The molecule has 1 fully saturated rings. The Hall–Kier alpha value is -3.17. The SMILES string of the molecule is CC(C)(C)OC(=O)NCc1ccc(Cl)cc1CNC(=O)[C@@H]1CCCN1C(=O)C1(O)CCc2ccncc21. The van der Waals surface area contributed by atoms with Crippen LogP contribution in [-0.2, 0) is 39.4 Å². The third kappa shape index (κ3) is 6.05. The minimum absolute atomic E-state index is 0.167. The Labute approximate surface area is 221 Å². The van der Waals surface area contributed by atoms with E-state index in [1.807, 2.05) is 6.07 Å². The molecule has 10 heteroatoms. The largest absolute Gasteiger partial charge is 0.444 e. The van der Waals surface area contributed by atoms with Crippen LogP contribution in [0.5, 0.6) is 0 Å². The molecule has 2 aliphatic rings. The Balaban J connectivity index is 1.41. The summed E-state index contributed by atoms with van der Waals surface area (Å²) in [5, 5.41) is 17.4. The summed E-state index contributed by atoms with van der Waals surface area (Å²) in [6.07, 6.45) is 4.68. The predicted octanol–water partition coefficient (Wildman–Crippen LogP) is 3.20. The fourth-order valence-corrected chi connectivity index (χ4v) is 5.11. The minimum atomic E-state index is -1.67. The first-order chi connectivity index (χ1) is 17.5. The summed E-state index contributed by atoms with van der Waals surface area (Å²) in [6.45, 7) is 6.12. The number of likely N-dealkylation sites (tertiary alicyclic amines) is 1. The number of halogens is 1. The van der Waals surface area contributed by atoms with Gasteiger partial charge in [0.2, 0.25) is 5.91 Å². The van der Waals surface area contributed by atoms with Crippen LogP contribution in [0.1, 0.15) is 62.3 Å². The van der Waals surface area contributed by atoms with Gasteiger partial charge in [0.1, 0.15) is 11.6 Å². The first kappa shape index (κ1) is 26.9. The third-order valence-electron chi connectivity index (χ3n) is 6.73. The quantitative estimate of drug-likeness (QED) is 0.529. The van der Waals surface area contributed by atoms with E-state index in [-0.39, 0.29) is 25.4 Å². The molecule has 1 aromatic carbocycles. The molecule has 0 saturated carbocycles. The van der Waals surface area contributed by atoms with Crippen molar-refractivity contribution in [1.29, 1.82) is 0 Å². The summed E-state index contributed by atoms with van der Waals surface area (Å²) >= 11 is 6.19. The van der Waals surface area contributed by atoms with Crippen molar-refractivity contribution in [2.24, 2.45) is 0 Å². The molecule has 1 aliphatic carbocycles. The van der Waals surface area contributed by atoms with Gasteiger partial charge in [-0.15, -0.1) is 0 Å². The molecule has 2 atom stereocenters. The van der Waals surface area contributed by atoms with Crippen LogP contribution in [0.4, 0.5) is 4.79 Å². The predicted molar refractivity (Wildman–Crippen MR) is 138 cm³/mol. The van der Waals surface area contributed by atoms with Gasteiger partial charge in [-0.05, 0) is 81.3 Å². The molecule has 3 N–H and O–H groups in total. The maximum atomic E-state index is 13.5. The molecule has 2 heterocycles. The second kappa shape index (κ2) is 10.7. The lowest BCUT2D eigenvalue weighted by Gasteiger charge is -2.32. The number of hydrogen-bond acceptors (Lipinski definition) is 6. The Morgan fingerprint density at radius 1 is 1.19 bits per heavy atom. The zero-order chi connectivity index (χ0) is 26.8. The standard InChI is InChI=1S/C27H33ClN4O5/c1-26(2,3)37-25(35)31-14-18-6-7-20(28)13-19(18)15-30-23(33)22-5-4-12-32(22)24(34)27(36)10-8-17-9-11-29-16-21(17)27/h6-7,9,11,13,16,22,36H,4-5,8,10,12,14-15H2,1-3H3,(H,30,33)(H,31,35)/t22-,27?/m0/s1. The molecular weight excluding hydrogens is 496 g/mol.